The zero-order valence-corrected chi connectivity index (χ0v) is 39.4. The largest absolute Gasteiger partial charge is 0.481 e. The fourth-order valence-corrected chi connectivity index (χ4v) is 14.0. The Kier molecular flexibility index (Phi) is 12.7. The number of hydrogen-bond donors (Lipinski definition) is 3. The van der Waals surface area contributed by atoms with Crippen LogP contribution in [-0.2, 0) is 40.0 Å². The first kappa shape index (κ1) is 47.2. The summed E-state index contributed by atoms with van der Waals surface area (Å²) in [5.74, 6) is -2.22. The van der Waals surface area contributed by atoms with Gasteiger partial charge in [-0.3, -0.25) is 24.0 Å². The van der Waals surface area contributed by atoms with Crippen LogP contribution in [0.5, 0.6) is 0 Å². The van der Waals surface area contributed by atoms with E-state index >= 15 is 0 Å². The normalized spacial score (nSPS) is 33.8. The Hall–Kier alpha value is -3.24. The lowest BCUT2D eigenvalue weighted by molar-refractivity contribution is -0.235. The van der Waals surface area contributed by atoms with Crippen molar-refractivity contribution in [1.29, 1.82) is 0 Å². The summed E-state index contributed by atoms with van der Waals surface area (Å²) in [5.41, 5.74) is -0.716. The third-order valence-corrected chi connectivity index (χ3v) is 17.7. The summed E-state index contributed by atoms with van der Waals surface area (Å²) in [6, 6.07) is 7.59. The molecule has 0 amide bonds. The molecule has 0 spiro atoms. The van der Waals surface area contributed by atoms with Crippen molar-refractivity contribution in [2.75, 3.05) is 6.54 Å². The Morgan fingerprint density at radius 2 is 1.41 bits per heavy atom. The number of carbonyl (C=O) groups is 5. The minimum absolute atomic E-state index is 0.0188. The maximum absolute atomic E-state index is 14.5. The molecular formula is C50H72ClNO9. The average Bonchev–Trinajstić information content (AvgIpc) is 3.46. The molecule has 9 unspecified atom stereocenters. The smallest absolute Gasteiger partial charge is 0.309 e. The molecule has 0 heterocycles. The third kappa shape index (κ3) is 8.12. The number of fused-ring (bicyclic) bond motifs is 7. The Morgan fingerprint density at radius 3 is 2.00 bits per heavy atom. The van der Waals surface area contributed by atoms with Crippen LogP contribution in [0.2, 0.25) is 5.02 Å². The monoisotopic (exact) mass is 865 g/mol. The number of rotatable bonds is 14. The van der Waals surface area contributed by atoms with Gasteiger partial charge in [0.2, 0.25) is 0 Å². The van der Waals surface area contributed by atoms with Gasteiger partial charge >= 0.3 is 23.9 Å². The van der Waals surface area contributed by atoms with Crippen LogP contribution in [0.25, 0.3) is 0 Å². The molecule has 4 fully saturated rings. The van der Waals surface area contributed by atoms with Crippen molar-refractivity contribution in [3.63, 3.8) is 0 Å². The van der Waals surface area contributed by atoms with Crippen LogP contribution in [0.1, 0.15) is 152 Å². The molecule has 338 valence electrons. The molecule has 5 aliphatic carbocycles. The van der Waals surface area contributed by atoms with Crippen LogP contribution < -0.4 is 5.32 Å². The fourth-order valence-electron chi connectivity index (χ4n) is 13.8. The highest BCUT2D eigenvalue weighted by Gasteiger charge is 2.71. The number of carboxylic acids is 2. The zero-order chi connectivity index (χ0) is 45.3. The molecule has 0 radical (unpaired) electrons. The van der Waals surface area contributed by atoms with E-state index < -0.39 is 46.2 Å². The first-order valence-corrected chi connectivity index (χ1v) is 23.1. The number of halogens is 1. The molecule has 61 heavy (non-hydrogen) atoms. The number of aliphatic carboxylic acids is 2. The van der Waals surface area contributed by atoms with Crippen LogP contribution in [0.3, 0.4) is 0 Å². The van der Waals surface area contributed by atoms with Gasteiger partial charge in [-0.25, -0.2) is 0 Å². The molecule has 1 aromatic rings. The Balaban J connectivity index is 1.33. The maximum atomic E-state index is 14.5. The summed E-state index contributed by atoms with van der Waals surface area (Å²) in [4.78, 5) is 65.5. The summed E-state index contributed by atoms with van der Waals surface area (Å²) < 4.78 is 12.7. The SMILES string of the molecule is CC(C)C1=C2C3CCC4C5(C)CCC(OC(=O)CC(C)(C)C(=O)O)C(C)(C)C5CCC4(C)C3(C)CCC2(C(CNCc2ccc(Cl)cc2)OC(=O)CC(C)(C)C(=O)O)CC1=O. The molecule has 6 rings (SSSR count). The predicted molar refractivity (Wildman–Crippen MR) is 234 cm³/mol. The van der Waals surface area contributed by atoms with E-state index in [0.717, 1.165) is 56.1 Å². The standard InChI is InChI=1S/C50H72ClNO9/c1-29(2)40-33(53)24-50(37(61-39(55)26-45(5,6)43(58)59)28-52-27-30-12-14-31(51)15-13-30)23-22-48(10)32(41(40)50)16-17-35-47(9)20-19-36(60-38(54)25-44(3,4)42(56)57)46(7,8)34(47)18-21-49(35,48)11/h12-15,29,32,34-37,52H,16-28H2,1-11H3,(H,56,57)(H,58,59). The molecule has 11 heteroatoms. The number of hydrogen-bond acceptors (Lipinski definition) is 8. The van der Waals surface area contributed by atoms with Gasteiger partial charge in [0.15, 0.2) is 5.78 Å². The number of carboxylic acid groups (broad SMARTS) is 2. The zero-order valence-electron chi connectivity index (χ0n) is 38.6. The Morgan fingerprint density at radius 1 is 0.803 bits per heavy atom. The molecule has 4 saturated carbocycles. The molecule has 5 aliphatic rings. The molecule has 0 saturated heterocycles. The highest BCUT2D eigenvalue weighted by Crippen LogP contribution is 2.77. The van der Waals surface area contributed by atoms with Crippen molar-refractivity contribution in [1.82, 2.24) is 5.32 Å². The summed E-state index contributed by atoms with van der Waals surface area (Å²) in [6.07, 6.45) is 5.87. The number of esters is 2. The predicted octanol–water partition coefficient (Wildman–Crippen LogP) is 10.2. The topological polar surface area (TPSA) is 156 Å². The van der Waals surface area contributed by atoms with Crippen molar-refractivity contribution < 1.29 is 43.7 Å². The third-order valence-electron chi connectivity index (χ3n) is 17.5. The summed E-state index contributed by atoms with van der Waals surface area (Å²) in [5, 5.41) is 23.8. The van der Waals surface area contributed by atoms with Crippen molar-refractivity contribution in [3.8, 4) is 0 Å². The van der Waals surface area contributed by atoms with Crippen LogP contribution in [0.15, 0.2) is 35.4 Å². The van der Waals surface area contributed by atoms with Crippen molar-refractivity contribution in [2.45, 2.75) is 166 Å². The van der Waals surface area contributed by atoms with Gasteiger partial charge in [0.1, 0.15) is 12.2 Å². The number of benzene rings is 1. The van der Waals surface area contributed by atoms with Gasteiger partial charge < -0.3 is 25.0 Å². The second kappa shape index (κ2) is 16.4. The number of nitrogens with one attached hydrogen (secondary N) is 1. The summed E-state index contributed by atoms with van der Waals surface area (Å²) in [6.45, 7) is 23.2. The Bertz CT molecular complexity index is 1950. The molecule has 0 aromatic heterocycles. The Labute approximate surface area is 368 Å². The highest BCUT2D eigenvalue weighted by atomic mass is 35.5. The molecule has 1 aromatic carbocycles. The van der Waals surface area contributed by atoms with Gasteiger partial charge in [0.05, 0.1) is 23.7 Å². The van der Waals surface area contributed by atoms with E-state index in [1.54, 1.807) is 13.8 Å². The molecule has 0 bridgehead atoms. The first-order valence-electron chi connectivity index (χ1n) is 22.7. The van der Waals surface area contributed by atoms with E-state index in [1.165, 1.54) is 19.4 Å². The molecular weight excluding hydrogens is 794 g/mol. The molecule has 10 nitrogen and oxygen atoms in total. The molecule has 9 atom stereocenters. The van der Waals surface area contributed by atoms with E-state index in [1.807, 2.05) is 24.3 Å². The molecule has 0 aliphatic heterocycles. The quantitative estimate of drug-likeness (QED) is 0.154. The average molecular weight is 867 g/mol. The van der Waals surface area contributed by atoms with Crippen LogP contribution in [0, 0.1) is 61.6 Å². The van der Waals surface area contributed by atoms with E-state index in [-0.39, 0.29) is 64.6 Å². The number of carbonyl (C=O) groups excluding carboxylic acids is 3. The van der Waals surface area contributed by atoms with Crippen LogP contribution >= 0.6 is 11.6 Å². The van der Waals surface area contributed by atoms with E-state index in [0.29, 0.717) is 36.4 Å². The minimum Gasteiger partial charge on any atom is -0.481 e. The lowest BCUT2D eigenvalue weighted by atomic mass is 9.33. The number of ketones is 1. The fraction of sp³-hybridized carbons (Fsp3) is 0.740. The van der Waals surface area contributed by atoms with Gasteiger partial charge in [-0.1, -0.05) is 72.2 Å². The van der Waals surface area contributed by atoms with Gasteiger partial charge in [-0.15, -0.1) is 0 Å². The summed E-state index contributed by atoms with van der Waals surface area (Å²) >= 11 is 6.18. The van der Waals surface area contributed by atoms with Gasteiger partial charge in [0, 0.05) is 35.4 Å². The van der Waals surface area contributed by atoms with Gasteiger partial charge in [-0.2, -0.15) is 0 Å². The van der Waals surface area contributed by atoms with Crippen molar-refractivity contribution >= 4 is 41.3 Å². The summed E-state index contributed by atoms with van der Waals surface area (Å²) in [7, 11) is 0. The van der Waals surface area contributed by atoms with E-state index in [2.05, 4.69) is 53.8 Å². The van der Waals surface area contributed by atoms with Gasteiger partial charge in [-0.05, 0) is 148 Å². The lowest BCUT2D eigenvalue weighted by Gasteiger charge is -2.72. The van der Waals surface area contributed by atoms with Crippen LogP contribution in [0.4, 0.5) is 0 Å². The number of Topliss-reactive ketones (excluding diaryl/α,β-unsaturated/α-hetero) is 1. The maximum Gasteiger partial charge on any atom is 0.309 e. The highest BCUT2D eigenvalue weighted by molar-refractivity contribution is 6.30. The van der Waals surface area contributed by atoms with Gasteiger partial charge in [0.25, 0.3) is 0 Å². The molecule has 3 N–H and O–H groups in total. The number of allylic oxidation sites excluding steroid dienone is 1. The minimum atomic E-state index is -1.32. The lowest BCUT2D eigenvalue weighted by Crippen LogP contribution is -2.66. The second-order valence-electron chi connectivity index (χ2n) is 22.7. The van der Waals surface area contributed by atoms with Crippen LogP contribution in [-0.4, -0.2) is 58.6 Å². The number of ether oxygens (including phenoxy) is 2. The van der Waals surface area contributed by atoms with Crippen molar-refractivity contribution in [2.24, 2.45) is 61.6 Å². The van der Waals surface area contributed by atoms with E-state index in [9.17, 15) is 34.2 Å². The van der Waals surface area contributed by atoms with Crippen molar-refractivity contribution in [3.05, 3.63) is 46.0 Å². The second-order valence-corrected chi connectivity index (χ2v) is 23.1. The first-order chi connectivity index (χ1) is 28.2. The van der Waals surface area contributed by atoms with E-state index in [4.69, 9.17) is 21.1 Å².